The van der Waals surface area contributed by atoms with Crippen LogP contribution in [0.3, 0.4) is 0 Å². The number of carbonyl (C=O) groups is 2. The zero-order valence-corrected chi connectivity index (χ0v) is 16.4. The van der Waals surface area contributed by atoms with Gasteiger partial charge in [0.1, 0.15) is 5.82 Å². The van der Waals surface area contributed by atoms with E-state index in [1.54, 1.807) is 23.6 Å². The van der Waals surface area contributed by atoms with E-state index in [-0.39, 0.29) is 29.4 Å². The second-order valence-electron chi connectivity index (χ2n) is 5.88. The van der Waals surface area contributed by atoms with Gasteiger partial charge in [0, 0.05) is 27.6 Å². The van der Waals surface area contributed by atoms with Crippen molar-refractivity contribution >= 4 is 44.8 Å². The third kappa shape index (κ3) is 4.61. The second kappa shape index (κ2) is 8.45. The van der Waals surface area contributed by atoms with Crippen LogP contribution in [0.25, 0.3) is 0 Å². The standard InChI is InChI=1S/C20H15BrFNO3S/c21-13-7-5-12(6-8-13)15(14-3-1-2-4-17(14)22)9-19(24)23-18-11-27-10-16(18)20(25)26/h1-8,10-11,15H,9H2,(H,23,24)(H,25,26). The van der Waals surface area contributed by atoms with Crippen molar-refractivity contribution in [2.24, 2.45) is 0 Å². The van der Waals surface area contributed by atoms with E-state index in [4.69, 9.17) is 5.11 Å². The lowest BCUT2D eigenvalue weighted by atomic mass is 9.88. The highest BCUT2D eigenvalue weighted by Crippen LogP contribution is 2.31. The number of benzene rings is 2. The van der Waals surface area contributed by atoms with Crippen LogP contribution in [0, 0.1) is 5.82 Å². The summed E-state index contributed by atoms with van der Waals surface area (Å²) in [6, 6.07) is 13.7. The average Bonchev–Trinajstić information content (AvgIpc) is 3.09. The molecule has 2 aromatic carbocycles. The molecular formula is C20H15BrFNO3S. The van der Waals surface area contributed by atoms with Gasteiger partial charge in [-0.3, -0.25) is 4.79 Å². The number of anilines is 1. The van der Waals surface area contributed by atoms with Crippen molar-refractivity contribution < 1.29 is 19.1 Å². The summed E-state index contributed by atoms with van der Waals surface area (Å²) in [5.41, 5.74) is 1.50. The summed E-state index contributed by atoms with van der Waals surface area (Å²) in [5.74, 6) is -2.37. The molecular weight excluding hydrogens is 433 g/mol. The number of carboxylic acids is 1. The number of carboxylic acid groups (broad SMARTS) is 1. The Balaban J connectivity index is 1.88. The molecule has 2 N–H and O–H groups in total. The maximum absolute atomic E-state index is 14.4. The quantitative estimate of drug-likeness (QED) is 0.523. The predicted molar refractivity (Wildman–Crippen MR) is 107 cm³/mol. The zero-order chi connectivity index (χ0) is 19.4. The third-order valence-corrected chi connectivity index (χ3v) is 5.38. The van der Waals surface area contributed by atoms with Crippen LogP contribution in [-0.4, -0.2) is 17.0 Å². The maximum Gasteiger partial charge on any atom is 0.338 e. The lowest BCUT2D eigenvalue weighted by Gasteiger charge is -2.18. The summed E-state index contributed by atoms with van der Waals surface area (Å²) < 4.78 is 15.3. The molecule has 0 bridgehead atoms. The van der Waals surface area contributed by atoms with E-state index in [0.717, 1.165) is 10.0 Å². The molecule has 0 aliphatic carbocycles. The van der Waals surface area contributed by atoms with Crippen molar-refractivity contribution in [3.8, 4) is 0 Å². The van der Waals surface area contributed by atoms with Crippen molar-refractivity contribution in [2.75, 3.05) is 5.32 Å². The topological polar surface area (TPSA) is 66.4 Å². The Bertz CT molecular complexity index is 971. The molecule has 3 aromatic rings. The average molecular weight is 448 g/mol. The van der Waals surface area contributed by atoms with Gasteiger partial charge in [0.25, 0.3) is 0 Å². The molecule has 0 fully saturated rings. The van der Waals surface area contributed by atoms with Gasteiger partial charge in [0.2, 0.25) is 5.91 Å². The van der Waals surface area contributed by atoms with Gasteiger partial charge < -0.3 is 10.4 Å². The minimum atomic E-state index is -1.11. The number of halogens is 2. The summed E-state index contributed by atoms with van der Waals surface area (Å²) >= 11 is 4.56. The zero-order valence-electron chi connectivity index (χ0n) is 14.0. The predicted octanol–water partition coefficient (Wildman–Crippen LogP) is 5.51. The van der Waals surface area contributed by atoms with Crippen LogP contribution >= 0.6 is 27.3 Å². The van der Waals surface area contributed by atoms with E-state index >= 15 is 0 Å². The van der Waals surface area contributed by atoms with E-state index < -0.39 is 11.9 Å². The van der Waals surface area contributed by atoms with Crippen LogP contribution in [0.2, 0.25) is 0 Å². The molecule has 1 amide bonds. The molecule has 4 nitrogen and oxygen atoms in total. The Labute approximate surface area is 167 Å². The Morgan fingerprint density at radius 2 is 1.81 bits per heavy atom. The SMILES string of the molecule is O=C(CC(c1ccc(Br)cc1)c1ccccc1F)Nc1cscc1C(=O)O. The lowest BCUT2D eigenvalue weighted by Crippen LogP contribution is -2.18. The van der Waals surface area contributed by atoms with Crippen LogP contribution in [0.15, 0.2) is 63.8 Å². The van der Waals surface area contributed by atoms with Gasteiger partial charge in [-0.25, -0.2) is 9.18 Å². The maximum atomic E-state index is 14.4. The Morgan fingerprint density at radius 3 is 2.48 bits per heavy atom. The van der Waals surface area contributed by atoms with Gasteiger partial charge in [-0.05, 0) is 29.3 Å². The number of thiophene rings is 1. The summed E-state index contributed by atoms with van der Waals surface area (Å²) in [6.45, 7) is 0. The summed E-state index contributed by atoms with van der Waals surface area (Å²) in [6.07, 6.45) is -0.0164. The molecule has 0 saturated carbocycles. The fraction of sp³-hybridized carbons (Fsp3) is 0.100. The molecule has 0 aliphatic rings. The summed E-state index contributed by atoms with van der Waals surface area (Å²) in [5, 5.41) is 14.8. The molecule has 138 valence electrons. The highest BCUT2D eigenvalue weighted by atomic mass is 79.9. The molecule has 0 saturated heterocycles. The summed E-state index contributed by atoms with van der Waals surface area (Å²) in [4.78, 5) is 23.8. The van der Waals surface area contributed by atoms with Crippen LogP contribution in [0.1, 0.15) is 33.8 Å². The molecule has 7 heteroatoms. The van der Waals surface area contributed by atoms with Crippen molar-refractivity contribution in [2.45, 2.75) is 12.3 Å². The Kier molecular flexibility index (Phi) is 6.03. The van der Waals surface area contributed by atoms with Crippen LogP contribution in [-0.2, 0) is 4.79 Å². The van der Waals surface area contributed by atoms with Crippen molar-refractivity contribution in [3.05, 3.63) is 86.3 Å². The van der Waals surface area contributed by atoms with E-state index in [1.807, 2.05) is 24.3 Å². The fourth-order valence-corrected chi connectivity index (χ4v) is 3.82. The van der Waals surface area contributed by atoms with Gasteiger partial charge in [-0.15, -0.1) is 11.3 Å². The van der Waals surface area contributed by atoms with Crippen molar-refractivity contribution in [1.82, 2.24) is 0 Å². The van der Waals surface area contributed by atoms with Gasteiger partial charge in [0.15, 0.2) is 0 Å². The fourth-order valence-electron chi connectivity index (χ4n) is 2.81. The number of hydrogen-bond acceptors (Lipinski definition) is 3. The van der Waals surface area contributed by atoms with Crippen molar-refractivity contribution in [1.29, 1.82) is 0 Å². The first-order valence-corrected chi connectivity index (χ1v) is 9.78. The van der Waals surface area contributed by atoms with Crippen molar-refractivity contribution in [3.63, 3.8) is 0 Å². The molecule has 1 heterocycles. The summed E-state index contributed by atoms with van der Waals surface area (Å²) in [7, 11) is 0. The molecule has 0 aliphatic heterocycles. The number of rotatable bonds is 6. The minimum Gasteiger partial charge on any atom is -0.478 e. The first-order valence-electron chi connectivity index (χ1n) is 8.05. The Morgan fingerprint density at radius 1 is 1.11 bits per heavy atom. The van der Waals surface area contributed by atoms with Gasteiger partial charge >= 0.3 is 5.97 Å². The normalized spacial score (nSPS) is 11.8. The number of nitrogens with one attached hydrogen (secondary N) is 1. The molecule has 27 heavy (non-hydrogen) atoms. The van der Waals surface area contributed by atoms with E-state index in [9.17, 15) is 14.0 Å². The lowest BCUT2D eigenvalue weighted by molar-refractivity contribution is -0.116. The smallest absolute Gasteiger partial charge is 0.338 e. The second-order valence-corrected chi connectivity index (χ2v) is 7.54. The number of amides is 1. The third-order valence-electron chi connectivity index (χ3n) is 4.11. The number of carbonyl (C=O) groups excluding carboxylic acids is 1. The Hall–Kier alpha value is -2.51. The molecule has 3 rings (SSSR count). The molecule has 1 aromatic heterocycles. The van der Waals surface area contributed by atoms with E-state index in [2.05, 4.69) is 21.2 Å². The van der Waals surface area contributed by atoms with Gasteiger partial charge in [0.05, 0.1) is 11.3 Å². The first kappa shape index (κ1) is 19.3. The molecule has 0 spiro atoms. The monoisotopic (exact) mass is 447 g/mol. The molecule has 1 unspecified atom stereocenters. The molecule has 1 atom stereocenters. The number of hydrogen-bond donors (Lipinski definition) is 2. The number of aromatic carboxylic acids is 1. The van der Waals surface area contributed by atoms with Crippen LogP contribution in [0.4, 0.5) is 10.1 Å². The highest BCUT2D eigenvalue weighted by Gasteiger charge is 2.22. The first-order chi connectivity index (χ1) is 13.0. The van der Waals surface area contributed by atoms with E-state index in [1.165, 1.54) is 22.8 Å². The van der Waals surface area contributed by atoms with E-state index in [0.29, 0.717) is 5.56 Å². The van der Waals surface area contributed by atoms with Crippen LogP contribution < -0.4 is 5.32 Å². The van der Waals surface area contributed by atoms with Crippen LogP contribution in [0.5, 0.6) is 0 Å². The largest absolute Gasteiger partial charge is 0.478 e. The van der Waals surface area contributed by atoms with Gasteiger partial charge in [-0.1, -0.05) is 46.3 Å². The van der Waals surface area contributed by atoms with Gasteiger partial charge in [-0.2, -0.15) is 0 Å². The minimum absolute atomic E-state index is 0.0164. The highest BCUT2D eigenvalue weighted by molar-refractivity contribution is 9.10. The molecule has 0 radical (unpaired) electrons.